The van der Waals surface area contributed by atoms with Gasteiger partial charge in [-0.05, 0) is 12.8 Å². The Labute approximate surface area is 221 Å². The highest BCUT2D eigenvalue weighted by molar-refractivity contribution is 6.42. The maximum absolute atomic E-state index is 13.0. The molecule has 0 radical (unpaired) electrons. The summed E-state index contributed by atoms with van der Waals surface area (Å²) in [5.74, 6) is -30.2. The van der Waals surface area contributed by atoms with Crippen LogP contribution in [0.1, 0.15) is 19.8 Å². The Kier molecular flexibility index (Phi) is 9.01. The summed E-state index contributed by atoms with van der Waals surface area (Å²) in [7, 11) is 0. The zero-order chi connectivity index (χ0) is 31.4. The number of hydrogen-bond donors (Lipinski definition) is 15. The largest absolute Gasteiger partial charge is 0.405 e. The molecular weight excluding hydrogens is 562 g/mol. The van der Waals surface area contributed by atoms with Crippen molar-refractivity contribution in [3.05, 3.63) is 0 Å². The van der Waals surface area contributed by atoms with Crippen molar-refractivity contribution in [3.63, 3.8) is 0 Å². The Morgan fingerprint density at radius 1 is 0.975 bits per heavy atom. The van der Waals surface area contributed by atoms with Crippen LogP contribution < -0.4 is 5.32 Å². The molecule has 0 aromatic rings. The van der Waals surface area contributed by atoms with Gasteiger partial charge in [0.05, 0.1) is 17.9 Å². The quantitative estimate of drug-likeness (QED) is 0.0433. The molecular formula is C19H29NO20. The van der Waals surface area contributed by atoms with Crippen LogP contribution in [0.5, 0.6) is 0 Å². The number of carbonyl (C=O) groups is 4. The normalized spacial score (nSPS) is 30.3. The van der Waals surface area contributed by atoms with E-state index in [0.29, 0.717) is 0 Å². The number of ether oxygens (including phenoxy) is 2. The first-order valence-electron chi connectivity index (χ1n) is 11.1. The number of aldehydes is 1. The minimum absolute atomic E-state index is 0.330. The summed E-state index contributed by atoms with van der Waals surface area (Å²) >= 11 is 0. The van der Waals surface area contributed by atoms with Crippen LogP contribution in [-0.4, -0.2) is 155 Å². The zero-order valence-corrected chi connectivity index (χ0v) is 20.2. The average molecular weight is 591 g/mol. The predicted octanol–water partition coefficient (Wildman–Crippen LogP) is -10.1. The van der Waals surface area contributed by atoms with E-state index in [1.54, 1.807) is 0 Å². The number of nitrogens with one attached hydrogen (secondary N) is 1. The molecule has 6 atom stereocenters. The van der Waals surface area contributed by atoms with Gasteiger partial charge < -0.3 is 86.3 Å². The van der Waals surface area contributed by atoms with Crippen LogP contribution in [0.15, 0.2) is 0 Å². The number of rotatable bonds is 12. The molecule has 0 spiro atoms. The van der Waals surface area contributed by atoms with Gasteiger partial charge in [0, 0.05) is 0 Å². The lowest BCUT2D eigenvalue weighted by molar-refractivity contribution is -0.467. The summed E-state index contributed by atoms with van der Waals surface area (Å²) in [6, 6.07) is 0. The van der Waals surface area contributed by atoms with Crippen molar-refractivity contribution >= 4 is 23.8 Å². The van der Waals surface area contributed by atoms with Crippen molar-refractivity contribution in [2.24, 2.45) is 11.8 Å². The molecule has 0 bridgehead atoms. The second kappa shape index (κ2) is 10.6. The molecule has 21 heteroatoms. The van der Waals surface area contributed by atoms with E-state index in [4.69, 9.17) is 4.74 Å². The standard InChI is InChI=1S/C19H29NO20/c1-2-6(39-12-11(24)15(28,29)18(34,35)16(12,30)31)10(40-19(36,37)38)9(23)8(22)5(4-21)3-7-14(26,27)13(25)20-17(7,32)33/h4-7,10-12,24,26-38H,2-3H2,1H3,(H,20,25). The van der Waals surface area contributed by atoms with E-state index < -0.39 is 102 Å². The van der Waals surface area contributed by atoms with Crippen molar-refractivity contribution in [3.8, 4) is 0 Å². The molecule has 15 N–H and O–H groups in total. The highest BCUT2D eigenvalue weighted by Crippen LogP contribution is 2.45. The van der Waals surface area contributed by atoms with E-state index in [2.05, 4.69) is 4.74 Å². The van der Waals surface area contributed by atoms with Crippen molar-refractivity contribution in [2.45, 2.75) is 79.4 Å². The van der Waals surface area contributed by atoms with Gasteiger partial charge in [0.1, 0.15) is 18.5 Å². The minimum Gasteiger partial charge on any atom is -0.384 e. The van der Waals surface area contributed by atoms with E-state index in [1.807, 2.05) is 0 Å². The third kappa shape index (κ3) is 5.64. The fourth-order valence-corrected chi connectivity index (χ4v) is 4.23. The van der Waals surface area contributed by atoms with Gasteiger partial charge in [-0.15, -0.1) is 0 Å². The van der Waals surface area contributed by atoms with Gasteiger partial charge in [0.15, 0.2) is 6.10 Å². The van der Waals surface area contributed by atoms with Gasteiger partial charge in [0.25, 0.3) is 35.0 Å². The summed E-state index contributed by atoms with van der Waals surface area (Å²) in [5, 5.41) is 137. The number of hydrogen-bond acceptors (Lipinski definition) is 20. The molecule has 1 saturated heterocycles. The summed E-state index contributed by atoms with van der Waals surface area (Å²) in [4.78, 5) is 49.0. The summed E-state index contributed by atoms with van der Waals surface area (Å²) in [5.41, 5.74) is 0. The van der Waals surface area contributed by atoms with Crippen LogP contribution >= 0.6 is 0 Å². The van der Waals surface area contributed by atoms with E-state index in [0.717, 1.165) is 6.92 Å². The molecule has 2 fully saturated rings. The lowest BCUT2D eigenvalue weighted by atomic mass is 9.84. The Hall–Kier alpha value is -2.16. The second-order valence-corrected chi connectivity index (χ2v) is 9.35. The average Bonchev–Trinajstić information content (AvgIpc) is 3.01. The topological polar surface area (TPSA) is 382 Å². The van der Waals surface area contributed by atoms with Crippen LogP contribution in [-0.2, 0) is 28.7 Å². The molecule has 0 aromatic carbocycles. The van der Waals surface area contributed by atoms with E-state index >= 15 is 0 Å². The van der Waals surface area contributed by atoms with Gasteiger partial charge in [0.2, 0.25) is 11.6 Å². The maximum atomic E-state index is 13.0. The molecule has 0 aromatic heterocycles. The van der Waals surface area contributed by atoms with Gasteiger partial charge in [-0.3, -0.25) is 19.1 Å². The van der Waals surface area contributed by atoms with Crippen LogP contribution in [0.3, 0.4) is 0 Å². The molecule has 1 aliphatic carbocycles. The Balaban J connectivity index is 2.43. The van der Waals surface area contributed by atoms with Crippen molar-refractivity contribution in [1.82, 2.24) is 5.32 Å². The summed E-state index contributed by atoms with van der Waals surface area (Å²) in [6.45, 7) is 1.06. The highest BCUT2D eigenvalue weighted by Gasteiger charge is 2.78. The predicted molar refractivity (Wildman–Crippen MR) is 111 cm³/mol. The smallest absolute Gasteiger partial charge is 0.384 e. The van der Waals surface area contributed by atoms with Crippen molar-refractivity contribution in [2.75, 3.05) is 0 Å². The molecule has 1 heterocycles. The lowest BCUT2D eigenvalue weighted by Crippen LogP contribution is -2.65. The number of ketones is 2. The third-order valence-corrected chi connectivity index (χ3v) is 6.56. The first-order chi connectivity index (χ1) is 17.8. The van der Waals surface area contributed by atoms with Crippen LogP contribution in [0, 0.1) is 11.8 Å². The maximum Gasteiger partial charge on any atom is 0.405 e. The molecule has 1 saturated carbocycles. The van der Waals surface area contributed by atoms with Gasteiger partial charge in [-0.25, -0.2) is 0 Å². The van der Waals surface area contributed by atoms with E-state index in [-0.39, 0.29) is 6.29 Å². The fraction of sp³-hybridized carbons (Fsp3) is 0.789. The van der Waals surface area contributed by atoms with Crippen molar-refractivity contribution in [1.29, 1.82) is 0 Å². The highest BCUT2D eigenvalue weighted by atomic mass is 16.9. The SMILES string of the molecule is CCC(OC1C(O)C(O)(O)C(O)(O)C1(O)O)C(OC(O)(O)O)C(=O)C(=O)C(C=O)CC1C(O)(O)NC(=O)C1(O)O. The van der Waals surface area contributed by atoms with E-state index in [1.165, 1.54) is 5.32 Å². The molecule has 2 aliphatic rings. The number of Topliss-reactive ketones (excluding diaryl/α,β-unsaturated/α-hetero) is 2. The van der Waals surface area contributed by atoms with Gasteiger partial charge in [-0.1, -0.05) is 6.92 Å². The van der Waals surface area contributed by atoms with Gasteiger partial charge in [-0.2, -0.15) is 0 Å². The van der Waals surface area contributed by atoms with Crippen LogP contribution in [0.25, 0.3) is 0 Å². The van der Waals surface area contributed by atoms with Crippen LogP contribution in [0.2, 0.25) is 0 Å². The van der Waals surface area contributed by atoms with Crippen molar-refractivity contribution < 1.29 is 100 Å². The first-order valence-corrected chi connectivity index (χ1v) is 11.1. The Bertz CT molecular complexity index is 1010. The zero-order valence-electron chi connectivity index (χ0n) is 20.2. The monoisotopic (exact) mass is 591 g/mol. The van der Waals surface area contributed by atoms with Gasteiger partial charge >= 0.3 is 6.16 Å². The summed E-state index contributed by atoms with van der Waals surface area (Å²) < 4.78 is 9.19. The molecule has 230 valence electrons. The van der Waals surface area contributed by atoms with Crippen LogP contribution in [0.4, 0.5) is 0 Å². The molecule has 2 rings (SSSR count). The second-order valence-electron chi connectivity index (χ2n) is 9.35. The number of carbonyl (C=O) groups excluding carboxylic acids is 4. The molecule has 21 nitrogen and oxygen atoms in total. The number of amides is 1. The molecule has 1 amide bonds. The molecule has 1 aliphatic heterocycles. The molecule has 6 unspecified atom stereocenters. The number of aliphatic hydroxyl groups is 14. The Morgan fingerprint density at radius 2 is 1.50 bits per heavy atom. The summed E-state index contributed by atoms with van der Waals surface area (Å²) in [6.07, 6.45) is -17.6. The fourth-order valence-electron chi connectivity index (χ4n) is 4.23. The lowest BCUT2D eigenvalue weighted by Gasteiger charge is -2.36. The first kappa shape index (κ1) is 34.0. The molecule has 40 heavy (non-hydrogen) atoms. The Morgan fingerprint density at radius 3 is 1.85 bits per heavy atom. The van der Waals surface area contributed by atoms with E-state index in [9.17, 15) is 90.7 Å². The minimum atomic E-state index is -4.33. The third-order valence-electron chi connectivity index (χ3n) is 6.56. The number of aliphatic hydroxyl groups excluding tert-OH is 1.